The third-order valence-electron chi connectivity index (χ3n) is 3.86. The lowest BCUT2D eigenvalue weighted by Gasteiger charge is -2.19. The van der Waals surface area contributed by atoms with Gasteiger partial charge in [0.1, 0.15) is 12.0 Å². The maximum Gasteiger partial charge on any atom is 0.324 e. The summed E-state index contributed by atoms with van der Waals surface area (Å²) < 4.78 is 4.76. The summed E-state index contributed by atoms with van der Waals surface area (Å²) in [4.78, 5) is 29.2. The number of amides is 4. The zero-order valence-electron chi connectivity index (χ0n) is 13.6. The largest absolute Gasteiger partial charge is 0.364 e. The molecule has 0 aliphatic carbocycles. The quantitative estimate of drug-likeness (QED) is 0.932. The fourth-order valence-corrected chi connectivity index (χ4v) is 2.49. The zero-order chi connectivity index (χ0) is 17.1. The minimum Gasteiger partial charge on any atom is -0.364 e. The monoisotopic (exact) mass is 329 g/mol. The fourth-order valence-electron chi connectivity index (χ4n) is 2.49. The molecule has 1 aliphatic rings. The van der Waals surface area contributed by atoms with E-state index in [1.165, 1.54) is 11.2 Å². The number of likely N-dealkylation sites (N-methyl/N-ethyl adjacent to an activating group) is 1. The van der Waals surface area contributed by atoms with Crippen molar-refractivity contribution in [2.45, 2.75) is 6.54 Å². The highest BCUT2D eigenvalue weighted by atomic mass is 16.5. The summed E-state index contributed by atoms with van der Waals surface area (Å²) in [5, 5.41) is 6.60. The maximum atomic E-state index is 12.3. The number of anilines is 2. The van der Waals surface area contributed by atoms with Crippen molar-refractivity contribution in [3.8, 4) is 0 Å². The van der Waals surface area contributed by atoms with Crippen molar-refractivity contribution in [1.29, 1.82) is 0 Å². The van der Waals surface area contributed by atoms with Gasteiger partial charge in [-0.1, -0.05) is 11.2 Å². The smallest absolute Gasteiger partial charge is 0.324 e. The molecule has 0 bridgehead atoms. The van der Waals surface area contributed by atoms with Crippen LogP contribution in [0, 0.1) is 0 Å². The first-order chi connectivity index (χ1) is 11.5. The van der Waals surface area contributed by atoms with E-state index in [0.29, 0.717) is 31.0 Å². The van der Waals surface area contributed by atoms with Crippen LogP contribution in [0.4, 0.5) is 21.0 Å². The van der Waals surface area contributed by atoms with Crippen molar-refractivity contribution in [3.63, 3.8) is 0 Å². The van der Waals surface area contributed by atoms with E-state index < -0.39 is 0 Å². The molecule has 0 saturated carbocycles. The van der Waals surface area contributed by atoms with E-state index in [4.69, 9.17) is 4.52 Å². The second-order valence-electron chi connectivity index (χ2n) is 5.68. The predicted molar refractivity (Wildman–Crippen MR) is 88.8 cm³/mol. The second-order valence-corrected chi connectivity index (χ2v) is 5.68. The van der Waals surface area contributed by atoms with Gasteiger partial charge in [-0.25, -0.2) is 9.59 Å². The topological polar surface area (TPSA) is 81.9 Å². The Morgan fingerprint density at radius 2 is 2.21 bits per heavy atom. The van der Waals surface area contributed by atoms with Crippen molar-refractivity contribution in [2.24, 2.45) is 0 Å². The molecular formula is C16H19N5O3. The van der Waals surface area contributed by atoms with Gasteiger partial charge >= 0.3 is 12.1 Å². The Labute approximate surface area is 139 Å². The third-order valence-corrected chi connectivity index (χ3v) is 3.86. The maximum absolute atomic E-state index is 12.3. The van der Waals surface area contributed by atoms with Gasteiger partial charge in [-0.05, 0) is 18.2 Å². The molecule has 2 heterocycles. The second kappa shape index (κ2) is 6.61. The van der Waals surface area contributed by atoms with Crippen LogP contribution in [-0.4, -0.2) is 54.2 Å². The van der Waals surface area contributed by atoms with Gasteiger partial charge in [0.05, 0.1) is 6.54 Å². The van der Waals surface area contributed by atoms with Crippen LogP contribution in [0.1, 0.15) is 5.69 Å². The number of nitrogens with zero attached hydrogens (tertiary/aromatic N) is 4. The molecule has 1 aromatic carbocycles. The third kappa shape index (κ3) is 3.32. The Hall–Kier alpha value is -3.03. The Morgan fingerprint density at radius 1 is 1.38 bits per heavy atom. The SMILES string of the molecule is CN(Cc1ccon1)C(=O)Nc1cccc(N2CCN(C)C2=O)c1. The van der Waals surface area contributed by atoms with Crippen molar-refractivity contribution in [1.82, 2.24) is 15.0 Å². The van der Waals surface area contributed by atoms with Crippen LogP contribution in [0.3, 0.4) is 0 Å². The number of carbonyl (C=O) groups excluding carboxylic acids is 2. The van der Waals surface area contributed by atoms with Gasteiger partial charge in [-0.3, -0.25) is 4.90 Å². The van der Waals surface area contributed by atoms with Gasteiger partial charge in [-0.15, -0.1) is 0 Å². The van der Waals surface area contributed by atoms with Crippen LogP contribution in [0.2, 0.25) is 0 Å². The average molecular weight is 329 g/mol. The predicted octanol–water partition coefficient (Wildman–Crippen LogP) is 2.21. The highest BCUT2D eigenvalue weighted by molar-refractivity contribution is 5.95. The number of carbonyl (C=O) groups is 2. The molecule has 0 unspecified atom stereocenters. The molecule has 2 aromatic rings. The molecule has 1 N–H and O–H groups in total. The van der Waals surface area contributed by atoms with Gasteiger partial charge in [0, 0.05) is 44.6 Å². The molecule has 1 saturated heterocycles. The van der Waals surface area contributed by atoms with Gasteiger partial charge in [0.2, 0.25) is 0 Å². The van der Waals surface area contributed by atoms with Crippen LogP contribution in [0.5, 0.6) is 0 Å². The molecule has 4 amide bonds. The average Bonchev–Trinajstić information content (AvgIpc) is 3.18. The fraction of sp³-hybridized carbons (Fsp3) is 0.312. The molecule has 0 spiro atoms. The number of aromatic nitrogens is 1. The minimum atomic E-state index is -0.264. The van der Waals surface area contributed by atoms with E-state index in [1.54, 1.807) is 42.1 Å². The highest BCUT2D eigenvalue weighted by Gasteiger charge is 2.26. The first-order valence-electron chi connectivity index (χ1n) is 7.58. The van der Waals surface area contributed by atoms with Gasteiger partial charge in [-0.2, -0.15) is 0 Å². The standard InChI is InChI=1S/C16H19N5O3/c1-19-7-8-21(16(19)23)14-5-3-4-12(10-14)17-15(22)20(2)11-13-6-9-24-18-13/h3-6,9-10H,7-8,11H2,1-2H3,(H,17,22). The van der Waals surface area contributed by atoms with Crippen molar-refractivity contribution < 1.29 is 14.1 Å². The zero-order valence-corrected chi connectivity index (χ0v) is 13.6. The van der Waals surface area contributed by atoms with E-state index >= 15 is 0 Å². The van der Waals surface area contributed by atoms with Crippen LogP contribution >= 0.6 is 0 Å². The molecule has 8 heteroatoms. The van der Waals surface area contributed by atoms with Crippen molar-refractivity contribution >= 4 is 23.4 Å². The summed E-state index contributed by atoms with van der Waals surface area (Å²) in [6, 6.07) is 8.65. The molecule has 24 heavy (non-hydrogen) atoms. The van der Waals surface area contributed by atoms with Gasteiger partial charge < -0.3 is 19.6 Å². The Morgan fingerprint density at radius 3 is 2.88 bits per heavy atom. The van der Waals surface area contributed by atoms with Crippen LogP contribution in [0.25, 0.3) is 0 Å². The normalized spacial score (nSPS) is 14.2. The van der Waals surface area contributed by atoms with E-state index in [-0.39, 0.29) is 12.1 Å². The first kappa shape index (κ1) is 15.9. The Kier molecular flexibility index (Phi) is 4.37. The summed E-state index contributed by atoms with van der Waals surface area (Å²) in [7, 11) is 3.44. The number of benzene rings is 1. The number of hydrogen-bond donors (Lipinski definition) is 1. The number of nitrogens with one attached hydrogen (secondary N) is 1. The molecule has 3 rings (SSSR count). The van der Waals surface area contributed by atoms with E-state index in [1.807, 2.05) is 12.1 Å². The molecule has 1 aliphatic heterocycles. The number of rotatable bonds is 4. The number of hydrogen-bond acceptors (Lipinski definition) is 4. The lowest BCUT2D eigenvalue weighted by Crippen LogP contribution is -2.31. The lowest BCUT2D eigenvalue weighted by molar-refractivity contribution is 0.219. The van der Waals surface area contributed by atoms with E-state index in [2.05, 4.69) is 10.5 Å². The van der Waals surface area contributed by atoms with Crippen LogP contribution < -0.4 is 10.2 Å². The van der Waals surface area contributed by atoms with Crippen molar-refractivity contribution in [2.75, 3.05) is 37.4 Å². The molecule has 126 valence electrons. The highest BCUT2D eigenvalue weighted by Crippen LogP contribution is 2.23. The molecule has 1 aromatic heterocycles. The Balaban J connectivity index is 1.66. The van der Waals surface area contributed by atoms with Crippen LogP contribution in [0.15, 0.2) is 41.1 Å². The minimum absolute atomic E-state index is 0.0402. The summed E-state index contributed by atoms with van der Waals surface area (Å²) in [6.45, 7) is 1.67. The molecule has 0 radical (unpaired) electrons. The Bertz CT molecular complexity index is 731. The first-order valence-corrected chi connectivity index (χ1v) is 7.58. The molecule has 0 atom stereocenters. The summed E-state index contributed by atoms with van der Waals surface area (Å²) in [5.74, 6) is 0. The number of urea groups is 2. The molecular weight excluding hydrogens is 310 g/mol. The van der Waals surface area contributed by atoms with Gasteiger partial charge in [0.15, 0.2) is 0 Å². The van der Waals surface area contributed by atoms with Crippen molar-refractivity contribution in [3.05, 3.63) is 42.3 Å². The summed E-state index contributed by atoms with van der Waals surface area (Å²) >= 11 is 0. The van der Waals surface area contributed by atoms with Gasteiger partial charge in [0.25, 0.3) is 0 Å². The van der Waals surface area contributed by atoms with E-state index in [0.717, 1.165) is 5.69 Å². The summed E-state index contributed by atoms with van der Waals surface area (Å²) in [6.07, 6.45) is 1.47. The van der Waals surface area contributed by atoms with E-state index in [9.17, 15) is 9.59 Å². The lowest BCUT2D eigenvalue weighted by atomic mass is 10.2. The molecule has 8 nitrogen and oxygen atoms in total. The molecule has 1 fully saturated rings. The van der Waals surface area contributed by atoms with Crippen LogP contribution in [-0.2, 0) is 6.54 Å². The summed E-state index contributed by atoms with van der Waals surface area (Å²) in [5.41, 5.74) is 2.07.